The van der Waals surface area contributed by atoms with Crippen molar-refractivity contribution in [3.63, 3.8) is 0 Å². The van der Waals surface area contributed by atoms with E-state index in [2.05, 4.69) is 0 Å². The van der Waals surface area contributed by atoms with E-state index >= 15 is 0 Å². The molecule has 0 aliphatic carbocycles. The minimum atomic E-state index is -1.91. The van der Waals surface area contributed by atoms with E-state index in [0.717, 1.165) is 5.39 Å². The number of rotatable bonds is 3. The molecule has 4 heteroatoms. The fraction of sp³-hybridized carbons (Fsp3) is 0.214. The van der Waals surface area contributed by atoms with E-state index in [1.165, 1.54) is 6.92 Å². The smallest absolute Gasteiger partial charge is 0.340 e. The van der Waals surface area contributed by atoms with Crippen molar-refractivity contribution in [3.8, 4) is 5.75 Å². The first-order valence-corrected chi connectivity index (χ1v) is 5.50. The zero-order valence-corrected chi connectivity index (χ0v) is 10.2. The van der Waals surface area contributed by atoms with Crippen LogP contribution in [0.2, 0.25) is 0 Å². The molecule has 94 valence electrons. The average Bonchev–Trinajstić information content (AvgIpc) is 2.37. The molecular weight excluding hydrogens is 232 g/mol. The maximum atomic E-state index is 11.1. The van der Waals surface area contributed by atoms with Crippen LogP contribution >= 0.6 is 0 Å². The molecule has 0 aliphatic rings. The molecule has 0 aliphatic heterocycles. The van der Waals surface area contributed by atoms with E-state index in [-0.39, 0.29) is 0 Å². The highest BCUT2D eigenvalue weighted by atomic mass is 16.5. The van der Waals surface area contributed by atoms with E-state index in [0.29, 0.717) is 16.7 Å². The fourth-order valence-corrected chi connectivity index (χ4v) is 1.93. The Balaban J connectivity index is 2.70. The van der Waals surface area contributed by atoms with Crippen molar-refractivity contribution in [1.29, 1.82) is 0 Å². The molecule has 0 radical (unpaired) electrons. The zero-order chi connectivity index (χ0) is 13.3. The maximum absolute atomic E-state index is 11.1. The highest BCUT2D eigenvalue weighted by Crippen LogP contribution is 2.30. The molecule has 0 saturated carbocycles. The molecule has 0 spiro atoms. The summed E-state index contributed by atoms with van der Waals surface area (Å²) in [6.45, 7) is 1.27. The number of carboxylic acids is 1. The third-order valence-electron chi connectivity index (χ3n) is 3.03. The lowest BCUT2D eigenvalue weighted by atomic mass is 9.91. The number of carboxylic acid groups (broad SMARTS) is 1. The Morgan fingerprint density at radius 1 is 1.28 bits per heavy atom. The Bertz CT molecular complexity index is 602. The van der Waals surface area contributed by atoms with Crippen LogP contribution in [-0.2, 0) is 10.4 Å². The number of methoxy groups -OCH3 is 1. The van der Waals surface area contributed by atoms with Crippen LogP contribution in [0.5, 0.6) is 5.75 Å². The molecule has 2 N–H and O–H groups in total. The number of hydrogen-bond donors (Lipinski definition) is 2. The Morgan fingerprint density at radius 3 is 2.61 bits per heavy atom. The molecule has 0 amide bonds. The molecule has 1 unspecified atom stereocenters. The van der Waals surface area contributed by atoms with Crippen LogP contribution in [0.15, 0.2) is 36.4 Å². The van der Waals surface area contributed by atoms with Crippen molar-refractivity contribution < 1.29 is 19.7 Å². The maximum Gasteiger partial charge on any atom is 0.340 e. The van der Waals surface area contributed by atoms with E-state index in [1.807, 2.05) is 6.07 Å². The van der Waals surface area contributed by atoms with Crippen LogP contribution < -0.4 is 4.74 Å². The van der Waals surface area contributed by atoms with E-state index in [1.54, 1.807) is 37.4 Å². The number of carbonyl (C=O) groups is 1. The van der Waals surface area contributed by atoms with Crippen LogP contribution in [0.3, 0.4) is 0 Å². The van der Waals surface area contributed by atoms with Gasteiger partial charge in [-0.25, -0.2) is 4.79 Å². The highest BCUT2D eigenvalue weighted by Gasteiger charge is 2.33. The number of aliphatic carboxylic acids is 1. The summed E-state index contributed by atoms with van der Waals surface area (Å²) in [5.74, 6) is -0.583. The molecule has 1 atom stereocenters. The van der Waals surface area contributed by atoms with Gasteiger partial charge in [0.1, 0.15) is 5.75 Å². The van der Waals surface area contributed by atoms with Crippen LogP contribution in [0.25, 0.3) is 10.8 Å². The average molecular weight is 246 g/mol. The number of hydrogen-bond acceptors (Lipinski definition) is 3. The van der Waals surface area contributed by atoms with Crippen LogP contribution in [0.1, 0.15) is 12.5 Å². The van der Waals surface area contributed by atoms with Crippen LogP contribution in [0.4, 0.5) is 0 Å². The molecule has 0 bridgehead atoms. The van der Waals surface area contributed by atoms with Gasteiger partial charge in [-0.2, -0.15) is 0 Å². The third-order valence-corrected chi connectivity index (χ3v) is 3.03. The van der Waals surface area contributed by atoms with Gasteiger partial charge in [0.2, 0.25) is 0 Å². The summed E-state index contributed by atoms with van der Waals surface area (Å²) in [4.78, 5) is 11.1. The van der Waals surface area contributed by atoms with Gasteiger partial charge in [-0.1, -0.05) is 24.3 Å². The molecule has 2 rings (SSSR count). The van der Waals surface area contributed by atoms with Crippen molar-refractivity contribution in [1.82, 2.24) is 0 Å². The quantitative estimate of drug-likeness (QED) is 0.870. The van der Waals surface area contributed by atoms with Gasteiger partial charge in [-0.15, -0.1) is 0 Å². The van der Waals surface area contributed by atoms with Gasteiger partial charge in [0, 0.05) is 5.56 Å². The normalized spacial score (nSPS) is 14.2. The molecule has 0 aromatic heterocycles. The summed E-state index contributed by atoms with van der Waals surface area (Å²) < 4.78 is 5.12. The first kappa shape index (κ1) is 12.4. The van der Waals surface area contributed by atoms with Crippen molar-refractivity contribution in [2.45, 2.75) is 12.5 Å². The van der Waals surface area contributed by atoms with E-state index < -0.39 is 11.6 Å². The largest absolute Gasteiger partial charge is 0.497 e. The van der Waals surface area contributed by atoms with Gasteiger partial charge in [0.05, 0.1) is 7.11 Å². The Labute approximate surface area is 104 Å². The third kappa shape index (κ3) is 1.91. The number of ether oxygens (including phenoxy) is 1. The second kappa shape index (κ2) is 4.31. The number of aliphatic hydroxyl groups is 1. The Morgan fingerprint density at radius 2 is 2.00 bits per heavy atom. The molecule has 0 saturated heterocycles. The van der Waals surface area contributed by atoms with Crippen molar-refractivity contribution >= 4 is 16.7 Å². The predicted molar refractivity (Wildman–Crippen MR) is 67.7 cm³/mol. The van der Waals surface area contributed by atoms with E-state index in [9.17, 15) is 9.90 Å². The van der Waals surface area contributed by atoms with Gasteiger partial charge in [0.15, 0.2) is 5.60 Å². The fourth-order valence-electron chi connectivity index (χ4n) is 1.93. The molecule has 2 aromatic rings. The second-order valence-electron chi connectivity index (χ2n) is 4.27. The van der Waals surface area contributed by atoms with Gasteiger partial charge in [-0.3, -0.25) is 0 Å². The molecule has 18 heavy (non-hydrogen) atoms. The lowest BCUT2D eigenvalue weighted by Gasteiger charge is -2.20. The van der Waals surface area contributed by atoms with Gasteiger partial charge in [-0.05, 0) is 29.8 Å². The van der Waals surface area contributed by atoms with Crippen molar-refractivity contribution in [2.24, 2.45) is 0 Å². The summed E-state index contributed by atoms with van der Waals surface area (Å²) in [5.41, 5.74) is -1.54. The lowest BCUT2D eigenvalue weighted by Crippen LogP contribution is -2.31. The summed E-state index contributed by atoms with van der Waals surface area (Å²) in [6.07, 6.45) is 0. The van der Waals surface area contributed by atoms with Crippen LogP contribution in [0, 0.1) is 0 Å². The summed E-state index contributed by atoms with van der Waals surface area (Å²) in [5, 5.41) is 20.7. The van der Waals surface area contributed by atoms with Gasteiger partial charge >= 0.3 is 5.97 Å². The minimum absolute atomic E-state index is 0.371. The molecule has 2 aromatic carbocycles. The van der Waals surface area contributed by atoms with Gasteiger partial charge in [0.25, 0.3) is 0 Å². The van der Waals surface area contributed by atoms with Crippen LogP contribution in [-0.4, -0.2) is 23.3 Å². The monoisotopic (exact) mass is 246 g/mol. The van der Waals surface area contributed by atoms with Crippen molar-refractivity contribution in [2.75, 3.05) is 7.11 Å². The highest BCUT2D eigenvalue weighted by molar-refractivity contribution is 5.92. The predicted octanol–water partition coefficient (Wildman–Crippen LogP) is 2.14. The second-order valence-corrected chi connectivity index (χ2v) is 4.27. The molecular formula is C14H14O4. The zero-order valence-electron chi connectivity index (χ0n) is 10.2. The first-order valence-electron chi connectivity index (χ1n) is 5.50. The summed E-state index contributed by atoms with van der Waals surface area (Å²) in [6, 6.07) is 10.5. The topological polar surface area (TPSA) is 66.8 Å². The summed E-state index contributed by atoms with van der Waals surface area (Å²) in [7, 11) is 1.57. The molecule has 0 heterocycles. The Hall–Kier alpha value is -2.07. The summed E-state index contributed by atoms with van der Waals surface area (Å²) >= 11 is 0. The minimum Gasteiger partial charge on any atom is -0.497 e. The Kier molecular flexibility index (Phi) is 2.97. The molecule has 0 fully saturated rings. The van der Waals surface area contributed by atoms with Gasteiger partial charge < -0.3 is 14.9 Å². The lowest BCUT2D eigenvalue weighted by molar-refractivity contribution is -0.157. The number of fused-ring (bicyclic) bond motifs is 1. The first-order chi connectivity index (χ1) is 8.46. The van der Waals surface area contributed by atoms with E-state index in [4.69, 9.17) is 9.84 Å². The number of benzene rings is 2. The standard InChI is InChI=1S/C14H14O4/c1-14(17,13(15)16)12-5-3-4-9-8-10(18-2)6-7-11(9)12/h3-8,17H,1-2H3,(H,15,16). The SMILES string of the molecule is COc1ccc2c(C(C)(O)C(=O)O)cccc2c1. The molecule has 4 nitrogen and oxygen atoms in total. The van der Waals surface area contributed by atoms with Crippen molar-refractivity contribution in [3.05, 3.63) is 42.0 Å².